The Hall–Kier alpha value is -1.62. The van der Waals surface area contributed by atoms with Crippen molar-refractivity contribution in [2.24, 2.45) is 0 Å². The van der Waals surface area contributed by atoms with E-state index >= 15 is 0 Å². The fourth-order valence-corrected chi connectivity index (χ4v) is 2.33. The van der Waals surface area contributed by atoms with E-state index in [1.54, 1.807) is 0 Å². The number of nitrogens with zero attached hydrogens (tertiary/aromatic N) is 4. The minimum atomic E-state index is 0.798. The first-order chi connectivity index (χ1) is 9.15. The van der Waals surface area contributed by atoms with Crippen LogP contribution in [0.3, 0.4) is 0 Å². The van der Waals surface area contributed by atoms with Crippen molar-refractivity contribution in [1.82, 2.24) is 24.9 Å². The first kappa shape index (κ1) is 13.8. The Morgan fingerprint density at radius 1 is 1.32 bits per heavy atom. The number of hydrogen-bond acceptors (Lipinski definition) is 3. The van der Waals surface area contributed by atoms with E-state index in [-0.39, 0.29) is 0 Å². The van der Waals surface area contributed by atoms with E-state index in [2.05, 4.69) is 47.2 Å². The van der Waals surface area contributed by atoms with Gasteiger partial charge in [-0.15, -0.1) is 0 Å². The standard InChI is InChI=1S/C14H23N5/c1-5-18-9-13(8-16-18)10-19-12(3)14(6-7-15-4)11(2)17-19/h8-9,15H,5-7,10H2,1-4H3. The summed E-state index contributed by atoms with van der Waals surface area (Å²) in [7, 11) is 1.98. The van der Waals surface area contributed by atoms with E-state index in [1.165, 1.54) is 16.8 Å². The third-order valence-corrected chi connectivity index (χ3v) is 3.50. The first-order valence-corrected chi connectivity index (χ1v) is 6.84. The van der Waals surface area contributed by atoms with Gasteiger partial charge in [-0.05, 0) is 46.3 Å². The van der Waals surface area contributed by atoms with Crippen LogP contribution >= 0.6 is 0 Å². The summed E-state index contributed by atoms with van der Waals surface area (Å²) >= 11 is 0. The van der Waals surface area contributed by atoms with E-state index < -0.39 is 0 Å². The fraction of sp³-hybridized carbons (Fsp3) is 0.571. The van der Waals surface area contributed by atoms with E-state index in [4.69, 9.17) is 0 Å². The Kier molecular flexibility index (Phi) is 4.37. The van der Waals surface area contributed by atoms with E-state index in [0.29, 0.717) is 0 Å². The van der Waals surface area contributed by atoms with Gasteiger partial charge in [-0.2, -0.15) is 10.2 Å². The van der Waals surface area contributed by atoms with Crippen LogP contribution in [0.5, 0.6) is 0 Å². The summed E-state index contributed by atoms with van der Waals surface area (Å²) in [5.41, 5.74) is 4.96. The van der Waals surface area contributed by atoms with Crippen molar-refractivity contribution < 1.29 is 0 Å². The number of nitrogens with one attached hydrogen (secondary N) is 1. The molecule has 2 aromatic rings. The Bertz CT molecular complexity index is 538. The topological polar surface area (TPSA) is 47.7 Å². The molecule has 104 valence electrons. The molecule has 0 aliphatic carbocycles. The normalized spacial score (nSPS) is 11.2. The van der Waals surface area contributed by atoms with Crippen LogP contribution in [0.15, 0.2) is 12.4 Å². The molecule has 1 N–H and O–H groups in total. The van der Waals surface area contributed by atoms with E-state index in [9.17, 15) is 0 Å². The molecule has 0 saturated heterocycles. The summed E-state index contributed by atoms with van der Waals surface area (Å²) in [6, 6.07) is 0. The highest BCUT2D eigenvalue weighted by Gasteiger charge is 2.11. The molecule has 0 aliphatic rings. The van der Waals surface area contributed by atoms with Crippen LogP contribution in [-0.4, -0.2) is 33.2 Å². The van der Waals surface area contributed by atoms with Gasteiger partial charge in [0.25, 0.3) is 0 Å². The quantitative estimate of drug-likeness (QED) is 0.858. The molecule has 19 heavy (non-hydrogen) atoms. The van der Waals surface area contributed by atoms with Gasteiger partial charge >= 0.3 is 0 Å². The molecule has 0 atom stereocenters. The van der Waals surface area contributed by atoms with Crippen molar-refractivity contribution >= 4 is 0 Å². The smallest absolute Gasteiger partial charge is 0.0693 e. The highest BCUT2D eigenvalue weighted by atomic mass is 15.3. The lowest BCUT2D eigenvalue weighted by Gasteiger charge is -2.04. The lowest BCUT2D eigenvalue weighted by Crippen LogP contribution is -2.11. The van der Waals surface area contributed by atoms with Crippen LogP contribution in [0.2, 0.25) is 0 Å². The summed E-state index contributed by atoms with van der Waals surface area (Å²) in [6.45, 7) is 9.02. The summed E-state index contributed by atoms with van der Waals surface area (Å²) in [6.07, 6.45) is 5.04. The minimum Gasteiger partial charge on any atom is -0.319 e. The number of rotatable bonds is 6. The molecule has 5 heteroatoms. The molecule has 2 rings (SSSR count). The van der Waals surface area contributed by atoms with Crippen molar-refractivity contribution in [2.45, 2.75) is 40.3 Å². The largest absolute Gasteiger partial charge is 0.319 e. The minimum absolute atomic E-state index is 0.798. The highest BCUT2D eigenvalue weighted by molar-refractivity contribution is 5.25. The zero-order chi connectivity index (χ0) is 13.8. The average Bonchev–Trinajstić information content (AvgIpc) is 2.95. The zero-order valence-electron chi connectivity index (χ0n) is 12.3. The van der Waals surface area contributed by atoms with E-state index in [0.717, 1.165) is 31.7 Å². The predicted molar refractivity (Wildman–Crippen MR) is 76.3 cm³/mol. The second-order valence-corrected chi connectivity index (χ2v) is 4.86. The van der Waals surface area contributed by atoms with Crippen LogP contribution < -0.4 is 5.32 Å². The van der Waals surface area contributed by atoms with Crippen LogP contribution in [0.1, 0.15) is 29.4 Å². The number of likely N-dealkylation sites (N-methyl/N-ethyl adjacent to an activating group) is 1. The van der Waals surface area contributed by atoms with Gasteiger partial charge < -0.3 is 5.32 Å². The molecule has 5 nitrogen and oxygen atoms in total. The van der Waals surface area contributed by atoms with E-state index in [1.807, 2.05) is 17.9 Å². The Balaban J connectivity index is 2.16. The van der Waals surface area contributed by atoms with Gasteiger partial charge in [0, 0.05) is 24.0 Å². The highest BCUT2D eigenvalue weighted by Crippen LogP contribution is 2.15. The van der Waals surface area contributed by atoms with Crippen molar-refractivity contribution in [3.05, 3.63) is 34.9 Å². The van der Waals surface area contributed by atoms with Crippen LogP contribution in [0.25, 0.3) is 0 Å². The van der Waals surface area contributed by atoms with Crippen LogP contribution in [0.4, 0.5) is 0 Å². The molecule has 0 radical (unpaired) electrons. The van der Waals surface area contributed by atoms with Gasteiger partial charge in [0.05, 0.1) is 18.4 Å². The summed E-state index contributed by atoms with van der Waals surface area (Å²) in [5, 5.41) is 12.1. The summed E-state index contributed by atoms with van der Waals surface area (Å²) in [4.78, 5) is 0. The molecular weight excluding hydrogens is 238 g/mol. The first-order valence-electron chi connectivity index (χ1n) is 6.84. The molecular formula is C14H23N5. The maximum absolute atomic E-state index is 4.65. The third-order valence-electron chi connectivity index (χ3n) is 3.50. The molecule has 2 aromatic heterocycles. The average molecular weight is 261 g/mol. The van der Waals surface area contributed by atoms with Gasteiger partial charge in [-0.3, -0.25) is 9.36 Å². The number of hydrogen-bond donors (Lipinski definition) is 1. The second-order valence-electron chi connectivity index (χ2n) is 4.86. The third kappa shape index (κ3) is 3.04. The molecule has 0 spiro atoms. The summed E-state index contributed by atoms with van der Waals surface area (Å²) < 4.78 is 4.03. The molecule has 0 amide bonds. The van der Waals surface area contributed by atoms with Crippen LogP contribution in [-0.2, 0) is 19.5 Å². The van der Waals surface area contributed by atoms with Gasteiger partial charge in [0.2, 0.25) is 0 Å². The molecule has 0 saturated carbocycles. The van der Waals surface area contributed by atoms with Gasteiger partial charge in [0.15, 0.2) is 0 Å². The molecule has 0 bridgehead atoms. The van der Waals surface area contributed by atoms with Crippen molar-refractivity contribution in [3.63, 3.8) is 0 Å². The van der Waals surface area contributed by atoms with Gasteiger partial charge in [0.1, 0.15) is 0 Å². The second kappa shape index (κ2) is 6.02. The number of aryl methyl sites for hydroxylation is 2. The molecule has 0 aromatic carbocycles. The SMILES string of the molecule is CCn1cc(Cn2nc(C)c(CCNC)c2C)cn1. The van der Waals surface area contributed by atoms with Crippen molar-refractivity contribution in [3.8, 4) is 0 Å². The molecule has 0 fully saturated rings. The monoisotopic (exact) mass is 261 g/mol. The summed E-state index contributed by atoms with van der Waals surface area (Å²) in [5.74, 6) is 0. The zero-order valence-corrected chi connectivity index (χ0v) is 12.3. The maximum Gasteiger partial charge on any atom is 0.0693 e. The Morgan fingerprint density at radius 3 is 2.74 bits per heavy atom. The number of aromatic nitrogens is 4. The molecule has 2 heterocycles. The Labute approximate surface area is 114 Å². The molecule has 0 aliphatic heterocycles. The molecule has 0 unspecified atom stereocenters. The van der Waals surface area contributed by atoms with Gasteiger partial charge in [-0.1, -0.05) is 0 Å². The fourth-order valence-electron chi connectivity index (χ4n) is 2.33. The van der Waals surface area contributed by atoms with Crippen molar-refractivity contribution in [1.29, 1.82) is 0 Å². The Morgan fingerprint density at radius 2 is 2.11 bits per heavy atom. The van der Waals surface area contributed by atoms with Gasteiger partial charge in [-0.25, -0.2) is 0 Å². The maximum atomic E-state index is 4.65. The predicted octanol–water partition coefficient (Wildman–Crippen LogP) is 1.53. The van der Waals surface area contributed by atoms with Crippen molar-refractivity contribution in [2.75, 3.05) is 13.6 Å². The lowest BCUT2D eigenvalue weighted by molar-refractivity contribution is 0.646. The van der Waals surface area contributed by atoms with Crippen LogP contribution in [0, 0.1) is 13.8 Å². The lowest BCUT2D eigenvalue weighted by atomic mass is 10.1.